The standard InChI is InChI=1S/C5H3BBrN3O2/c6-2-1-3(10(11)12)5(8)9-4(2)7/h1H,(H2,8,9). The Labute approximate surface area is 77.7 Å². The number of nitrogens with two attached hydrogens (primary N) is 1. The number of nitrogens with zero attached hydrogens (tertiary/aromatic N) is 2. The highest BCUT2D eigenvalue weighted by atomic mass is 79.9. The fourth-order valence-electron chi connectivity index (χ4n) is 0.655. The molecule has 12 heavy (non-hydrogen) atoms. The van der Waals surface area contributed by atoms with Crippen LogP contribution in [0.25, 0.3) is 0 Å². The lowest BCUT2D eigenvalue weighted by molar-refractivity contribution is -0.384. The van der Waals surface area contributed by atoms with Crippen LogP contribution < -0.4 is 11.2 Å². The second kappa shape index (κ2) is 3.10. The summed E-state index contributed by atoms with van der Waals surface area (Å²) < 4.78 is 0.311. The van der Waals surface area contributed by atoms with Crippen molar-refractivity contribution in [3.63, 3.8) is 0 Å². The van der Waals surface area contributed by atoms with Gasteiger partial charge in [-0.1, -0.05) is 5.46 Å². The van der Waals surface area contributed by atoms with E-state index in [0.717, 1.165) is 6.07 Å². The maximum atomic E-state index is 10.3. The van der Waals surface area contributed by atoms with E-state index in [4.69, 9.17) is 13.6 Å². The molecule has 0 saturated carbocycles. The van der Waals surface area contributed by atoms with Crippen LogP contribution in [0.1, 0.15) is 0 Å². The van der Waals surface area contributed by atoms with Gasteiger partial charge in [-0.05, 0) is 15.9 Å². The monoisotopic (exact) mass is 227 g/mol. The highest BCUT2D eigenvalue weighted by Crippen LogP contribution is 2.18. The molecular formula is C5H3BBrN3O2. The molecule has 0 unspecified atom stereocenters. The van der Waals surface area contributed by atoms with Crippen molar-refractivity contribution in [3.8, 4) is 0 Å². The highest BCUT2D eigenvalue weighted by molar-refractivity contribution is 9.10. The van der Waals surface area contributed by atoms with Gasteiger partial charge in [0, 0.05) is 6.07 Å². The second-order valence-electron chi connectivity index (χ2n) is 2.03. The molecule has 5 nitrogen and oxygen atoms in total. The number of hydrogen-bond donors (Lipinski definition) is 1. The van der Waals surface area contributed by atoms with Gasteiger partial charge in [0.25, 0.3) is 0 Å². The minimum absolute atomic E-state index is 0.152. The van der Waals surface area contributed by atoms with Gasteiger partial charge in [0.05, 0.1) is 4.92 Å². The molecule has 1 heterocycles. The summed E-state index contributed by atoms with van der Waals surface area (Å²) in [4.78, 5) is 13.3. The van der Waals surface area contributed by atoms with Crippen LogP contribution in [0.15, 0.2) is 10.7 Å². The maximum absolute atomic E-state index is 10.3. The van der Waals surface area contributed by atoms with Gasteiger partial charge in [-0.3, -0.25) is 10.1 Å². The molecule has 7 heteroatoms. The first-order valence-corrected chi connectivity index (χ1v) is 3.67. The van der Waals surface area contributed by atoms with Crippen molar-refractivity contribution < 1.29 is 4.92 Å². The van der Waals surface area contributed by atoms with Crippen LogP contribution in [0.2, 0.25) is 0 Å². The van der Waals surface area contributed by atoms with Gasteiger partial charge >= 0.3 is 5.69 Å². The molecule has 2 radical (unpaired) electrons. The predicted octanol–water partition coefficient (Wildman–Crippen LogP) is 0.128. The molecule has 0 aromatic carbocycles. The van der Waals surface area contributed by atoms with Crippen LogP contribution in [-0.4, -0.2) is 17.8 Å². The second-order valence-corrected chi connectivity index (χ2v) is 2.78. The fraction of sp³-hybridized carbons (Fsp3) is 0. The molecule has 0 aliphatic rings. The van der Waals surface area contributed by atoms with Gasteiger partial charge in [-0.15, -0.1) is 0 Å². The Balaban J connectivity index is 3.33. The fourth-order valence-corrected chi connectivity index (χ4v) is 0.960. The van der Waals surface area contributed by atoms with Crippen LogP contribution in [0.5, 0.6) is 0 Å². The van der Waals surface area contributed by atoms with Crippen molar-refractivity contribution in [1.82, 2.24) is 4.98 Å². The lowest BCUT2D eigenvalue weighted by atomic mass is 9.98. The van der Waals surface area contributed by atoms with Gasteiger partial charge in [0.2, 0.25) is 5.82 Å². The molecule has 1 aromatic heterocycles. The zero-order valence-electron chi connectivity index (χ0n) is 5.82. The quantitative estimate of drug-likeness (QED) is 0.320. The van der Waals surface area contributed by atoms with Gasteiger partial charge < -0.3 is 5.73 Å². The molecule has 60 valence electrons. The Morgan fingerprint density at radius 2 is 2.33 bits per heavy atom. The Morgan fingerprint density at radius 3 is 2.83 bits per heavy atom. The topological polar surface area (TPSA) is 82.0 Å². The smallest absolute Gasteiger partial charge is 0.310 e. The molecule has 0 saturated heterocycles. The number of pyridine rings is 1. The summed E-state index contributed by atoms with van der Waals surface area (Å²) in [6.45, 7) is 0. The molecular weight excluding hydrogens is 225 g/mol. The van der Waals surface area contributed by atoms with Crippen molar-refractivity contribution in [1.29, 1.82) is 0 Å². The van der Waals surface area contributed by atoms with E-state index in [0.29, 0.717) is 4.60 Å². The molecule has 0 aliphatic carbocycles. The number of nitrogen functional groups attached to an aromatic ring is 1. The zero-order valence-corrected chi connectivity index (χ0v) is 7.41. The number of rotatable bonds is 1. The first kappa shape index (κ1) is 8.99. The Hall–Kier alpha value is -1.11. The van der Waals surface area contributed by atoms with E-state index in [2.05, 4.69) is 20.9 Å². The van der Waals surface area contributed by atoms with Gasteiger partial charge in [0.15, 0.2) is 0 Å². The number of nitro groups is 1. The van der Waals surface area contributed by atoms with E-state index in [1.807, 2.05) is 0 Å². The van der Waals surface area contributed by atoms with Crippen molar-refractivity contribution >= 4 is 40.7 Å². The van der Waals surface area contributed by atoms with Crippen LogP contribution >= 0.6 is 15.9 Å². The lowest BCUT2D eigenvalue weighted by Crippen LogP contribution is -2.10. The van der Waals surface area contributed by atoms with Crippen LogP contribution in [0, 0.1) is 10.1 Å². The van der Waals surface area contributed by atoms with E-state index in [9.17, 15) is 10.1 Å². The number of anilines is 1. The molecule has 0 atom stereocenters. The predicted molar refractivity (Wildman–Crippen MR) is 48.4 cm³/mol. The number of hydrogen-bond acceptors (Lipinski definition) is 4. The molecule has 0 fully saturated rings. The largest absolute Gasteiger partial charge is 0.378 e. The number of halogens is 1. The lowest BCUT2D eigenvalue weighted by Gasteiger charge is -1.99. The third-order valence-electron chi connectivity index (χ3n) is 1.21. The van der Waals surface area contributed by atoms with Gasteiger partial charge in [-0.25, -0.2) is 4.98 Å². The van der Waals surface area contributed by atoms with Crippen LogP contribution in [0.4, 0.5) is 11.5 Å². The maximum Gasteiger partial charge on any atom is 0.310 e. The summed E-state index contributed by atoms with van der Waals surface area (Å²) in [7, 11) is 5.36. The van der Waals surface area contributed by atoms with Crippen LogP contribution in [0.3, 0.4) is 0 Å². The summed E-state index contributed by atoms with van der Waals surface area (Å²) in [5.74, 6) is -0.152. The average Bonchev–Trinajstić information content (AvgIpc) is 1.96. The summed E-state index contributed by atoms with van der Waals surface area (Å²) in [6.07, 6.45) is 0. The summed E-state index contributed by atoms with van der Waals surface area (Å²) in [5.41, 5.74) is 5.16. The van der Waals surface area contributed by atoms with Crippen LogP contribution in [-0.2, 0) is 0 Å². The minimum Gasteiger partial charge on any atom is -0.378 e. The summed E-state index contributed by atoms with van der Waals surface area (Å²) in [6, 6.07) is 1.16. The third-order valence-corrected chi connectivity index (χ3v) is 1.84. The highest BCUT2D eigenvalue weighted by Gasteiger charge is 2.13. The molecule has 1 aromatic rings. The summed E-state index contributed by atoms with van der Waals surface area (Å²) >= 11 is 2.99. The SMILES string of the molecule is [B]c1cc([N+](=O)[O-])c(N)nc1Br. The Kier molecular flexibility index (Phi) is 2.32. The van der Waals surface area contributed by atoms with Gasteiger partial charge in [-0.2, -0.15) is 0 Å². The van der Waals surface area contributed by atoms with E-state index in [-0.39, 0.29) is 17.0 Å². The molecule has 0 spiro atoms. The molecule has 0 amide bonds. The van der Waals surface area contributed by atoms with E-state index >= 15 is 0 Å². The number of aromatic nitrogens is 1. The van der Waals surface area contributed by atoms with Crippen molar-refractivity contribution in [2.45, 2.75) is 0 Å². The minimum atomic E-state index is -0.634. The van der Waals surface area contributed by atoms with E-state index in [1.54, 1.807) is 0 Å². The van der Waals surface area contributed by atoms with Crippen molar-refractivity contribution in [2.24, 2.45) is 0 Å². The van der Waals surface area contributed by atoms with Crippen molar-refractivity contribution in [2.75, 3.05) is 5.73 Å². The zero-order chi connectivity index (χ0) is 9.30. The molecule has 0 bridgehead atoms. The molecule has 0 aliphatic heterocycles. The Morgan fingerprint density at radius 1 is 1.75 bits per heavy atom. The molecule has 1 rings (SSSR count). The normalized spacial score (nSPS) is 9.75. The third kappa shape index (κ3) is 1.55. The van der Waals surface area contributed by atoms with Crippen molar-refractivity contribution in [3.05, 3.63) is 20.8 Å². The van der Waals surface area contributed by atoms with E-state index in [1.165, 1.54) is 0 Å². The van der Waals surface area contributed by atoms with Gasteiger partial charge in [0.1, 0.15) is 12.4 Å². The summed E-state index contributed by atoms with van der Waals surface area (Å²) in [5, 5.41) is 10.3. The Bertz CT molecular complexity index is 344. The average molecular weight is 228 g/mol. The molecule has 2 N–H and O–H groups in total. The first-order chi connectivity index (χ1) is 5.52. The first-order valence-electron chi connectivity index (χ1n) is 2.88. The van der Waals surface area contributed by atoms with E-state index < -0.39 is 4.92 Å².